The smallest absolute Gasteiger partial charge is 0.164 e. The van der Waals surface area contributed by atoms with Crippen molar-refractivity contribution in [3.8, 4) is 44.5 Å². The van der Waals surface area contributed by atoms with Gasteiger partial charge in [-0.15, -0.1) is 44.8 Å². The van der Waals surface area contributed by atoms with Gasteiger partial charge in [0, 0.05) is 9.52 Å². The number of fused-ring (bicyclic) bond motifs is 2. The summed E-state index contributed by atoms with van der Waals surface area (Å²) in [5, 5.41) is 5.57. The molecule has 0 saturated heterocycles. The van der Waals surface area contributed by atoms with Gasteiger partial charge in [0.05, 0.1) is 0 Å². The first-order valence-corrected chi connectivity index (χ1v) is 21.4. The van der Waals surface area contributed by atoms with Crippen LogP contribution in [0.5, 0.6) is 0 Å². The molecule has 0 bridgehead atoms. The molecule has 2 aliphatic carbocycles. The van der Waals surface area contributed by atoms with Crippen molar-refractivity contribution in [2.45, 2.75) is 51.6 Å². The fourth-order valence-electron chi connectivity index (χ4n) is 7.74. The molecule has 10 rings (SSSR count). The molecule has 0 nitrogen and oxygen atoms in total. The summed E-state index contributed by atoms with van der Waals surface area (Å²) in [7, 11) is 1.08. The van der Waals surface area contributed by atoms with E-state index in [1.807, 2.05) is 0 Å². The molecule has 0 unspecified atom stereocenters. The van der Waals surface area contributed by atoms with Crippen LogP contribution >= 0.6 is 0 Å². The van der Waals surface area contributed by atoms with Gasteiger partial charge in [0.2, 0.25) is 0 Å². The van der Waals surface area contributed by atoms with Crippen LogP contribution in [-0.2, 0) is 39.0 Å². The van der Waals surface area contributed by atoms with E-state index in [0.29, 0.717) is 0 Å². The van der Waals surface area contributed by atoms with Gasteiger partial charge in [-0.3, -0.25) is 0 Å². The second-order valence-electron chi connectivity index (χ2n) is 15.0. The quantitative estimate of drug-likeness (QED) is 0.106. The molecule has 8 aromatic rings. The van der Waals surface area contributed by atoms with E-state index in [2.05, 4.69) is 183 Å². The maximum atomic E-state index is 2.43. The first-order chi connectivity index (χ1) is 26.2. The van der Waals surface area contributed by atoms with Gasteiger partial charge in [0.15, 0.2) is 0 Å². The maximum Gasteiger partial charge on any atom is 2.00 e. The van der Waals surface area contributed by atoms with Crippen molar-refractivity contribution in [1.82, 2.24) is 0 Å². The Bertz CT molecular complexity index is 2050. The Labute approximate surface area is 344 Å². The third-order valence-corrected chi connectivity index (χ3v) is 10.7. The molecule has 8 aromatic carbocycles. The van der Waals surface area contributed by atoms with Crippen molar-refractivity contribution in [3.05, 3.63) is 181 Å². The number of hydrogen-bond donors (Lipinski definition) is 0. The standard InChI is InChI=1S/2C25H21.C2H6Si.Zr/c2*1-3-7-20(8-4-1)22-13-14-23(21-9-5-2-6-10-21)25-17-19(16-24(22)25)15-18-11-12-18;1-3-2;/h2*1-10,13-14,16-18H,11-12,15H2;1-2H3;/q2*-1;;+2. The first-order valence-electron chi connectivity index (χ1n) is 19.4. The van der Waals surface area contributed by atoms with Crippen molar-refractivity contribution in [2.24, 2.45) is 11.8 Å². The van der Waals surface area contributed by atoms with Gasteiger partial charge < -0.3 is 0 Å². The predicted molar refractivity (Wildman–Crippen MR) is 231 cm³/mol. The molecule has 0 amide bonds. The van der Waals surface area contributed by atoms with Crippen LogP contribution in [0.3, 0.4) is 0 Å². The summed E-state index contributed by atoms with van der Waals surface area (Å²) in [4.78, 5) is 0. The van der Waals surface area contributed by atoms with E-state index < -0.39 is 0 Å². The fourth-order valence-corrected chi connectivity index (χ4v) is 7.74. The molecule has 0 heterocycles. The average molecular weight is 792 g/mol. The zero-order chi connectivity index (χ0) is 36.0. The van der Waals surface area contributed by atoms with Gasteiger partial charge >= 0.3 is 26.2 Å². The largest absolute Gasteiger partial charge is 2.00 e. The summed E-state index contributed by atoms with van der Waals surface area (Å²) in [6.45, 7) is 4.31. The Morgan fingerprint density at radius 3 is 1.00 bits per heavy atom. The Kier molecular flexibility index (Phi) is 12.5. The van der Waals surface area contributed by atoms with Crippen LogP contribution in [0.4, 0.5) is 0 Å². The Morgan fingerprint density at radius 2 is 0.704 bits per heavy atom. The van der Waals surface area contributed by atoms with Crippen LogP contribution in [0.25, 0.3) is 66.1 Å². The van der Waals surface area contributed by atoms with E-state index in [-0.39, 0.29) is 26.2 Å². The number of benzene rings is 6. The number of hydrogen-bond acceptors (Lipinski definition) is 0. The minimum Gasteiger partial charge on any atom is -0.164 e. The van der Waals surface area contributed by atoms with Crippen LogP contribution < -0.4 is 0 Å². The van der Waals surface area contributed by atoms with Crippen molar-refractivity contribution >= 4 is 31.1 Å². The van der Waals surface area contributed by atoms with Crippen LogP contribution in [0.1, 0.15) is 36.8 Å². The second kappa shape index (κ2) is 17.9. The number of rotatable bonds is 8. The zero-order valence-corrected chi connectivity index (χ0v) is 35.0. The molecule has 264 valence electrons. The van der Waals surface area contributed by atoms with E-state index >= 15 is 0 Å². The van der Waals surface area contributed by atoms with Crippen molar-refractivity contribution in [3.63, 3.8) is 0 Å². The van der Waals surface area contributed by atoms with Gasteiger partial charge in [-0.05, 0) is 61.5 Å². The summed E-state index contributed by atoms with van der Waals surface area (Å²) in [6, 6.07) is 62.0. The van der Waals surface area contributed by atoms with E-state index in [0.717, 1.165) is 21.4 Å². The minimum absolute atomic E-state index is 0. The second-order valence-corrected chi connectivity index (χ2v) is 16.0. The van der Waals surface area contributed by atoms with Gasteiger partial charge in [-0.1, -0.05) is 192 Å². The summed E-state index contributed by atoms with van der Waals surface area (Å²) in [5.74, 6) is 1.83. The first kappa shape index (κ1) is 37.9. The van der Waals surface area contributed by atoms with Gasteiger partial charge in [-0.2, -0.15) is 12.1 Å². The molecule has 0 aliphatic heterocycles. The third kappa shape index (κ3) is 8.94. The average Bonchev–Trinajstić information content (AvgIpc) is 4.13. The zero-order valence-electron chi connectivity index (χ0n) is 31.6. The normalized spacial score (nSPS) is 13.4. The fraction of sp³-hybridized carbons (Fsp3) is 0.192. The van der Waals surface area contributed by atoms with Crippen molar-refractivity contribution < 1.29 is 26.2 Å². The summed E-state index contributed by atoms with van der Waals surface area (Å²) in [6.07, 6.45) is 8.07. The predicted octanol–water partition coefficient (Wildman–Crippen LogP) is 14.5. The molecule has 2 heteroatoms. The van der Waals surface area contributed by atoms with E-state index in [1.165, 1.54) is 116 Å². The summed E-state index contributed by atoms with van der Waals surface area (Å²) in [5.41, 5.74) is 13.6. The minimum atomic E-state index is 0. The van der Waals surface area contributed by atoms with Crippen LogP contribution in [0.2, 0.25) is 13.1 Å². The summed E-state index contributed by atoms with van der Waals surface area (Å²) < 4.78 is 0. The molecule has 0 N–H and O–H groups in total. The Hall–Kier alpha value is -4.36. The third-order valence-electron chi connectivity index (χ3n) is 10.7. The molecule has 0 aromatic heterocycles. The van der Waals surface area contributed by atoms with Crippen LogP contribution in [-0.4, -0.2) is 9.52 Å². The van der Waals surface area contributed by atoms with Gasteiger partial charge in [0.1, 0.15) is 0 Å². The molecule has 0 atom stereocenters. The molecule has 54 heavy (non-hydrogen) atoms. The molecule has 2 radical (unpaired) electrons. The van der Waals surface area contributed by atoms with Crippen molar-refractivity contribution in [1.29, 1.82) is 0 Å². The molecular weight excluding hydrogens is 744 g/mol. The van der Waals surface area contributed by atoms with Crippen molar-refractivity contribution in [2.75, 3.05) is 0 Å². The Morgan fingerprint density at radius 1 is 0.426 bits per heavy atom. The molecule has 2 aliphatic rings. The Balaban J connectivity index is 0.000000153. The van der Waals surface area contributed by atoms with Gasteiger partial charge in [0.25, 0.3) is 0 Å². The molecule has 2 fully saturated rings. The van der Waals surface area contributed by atoms with E-state index in [4.69, 9.17) is 0 Å². The van der Waals surface area contributed by atoms with E-state index in [9.17, 15) is 0 Å². The summed E-state index contributed by atoms with van der Waals surface area (Å²) >= 11 is 0. The SMILES string of the molecule is C[Si]C.[Zr+2].c1ccc(-c2ccc(-c3ccccc3)c3[cH-]c(CC4CC4)cc23)cc1.c1ccc(-c2ccc(-c3ccccc3)c3[cH-]c(CC4CC4)cc23)cc1. The van der Waals surface area contributed by atoms with Crippen LogP contribution in [0.15, 0.2) is 170 Å². The topological polar surface area (TPSA) is 0 Å². The van der Waals surface area contributed by atoms with E-state index in [1.54, 1.807) is 0 Å². The maximum absolute atomic E-state index is 2.43. The molecule has 2 saturated carbocycles. The van der Waals surface area contributed by atoms with Crippen LogP contribution in [0, 0.1) is 11.8 Å². The molecule has 0 spiro atoms. The van der Waals surface area contributed by atoms with Gasteiger partial charge in [-0.25, -0.2) is 0 Å². The monoisotopic (exact) mass is 790 g/mol. The molecular formula is C52H48SiZr.